The van der Waals surface area contributed by atoms with Gasteiger partial charge in [-0.25, -0.2) is 0 Å². The molecule has 0 radical (unpaired) electrons. The number of rotatable bonds is 4. The third-order valence-corrected chi connectivity index (χ3v) is 4.56. The van der Waals surface area contributed by atoms with Gasteiger partial charge in [-0.05, 0) is 54.5 Å². The fourth-order valence-corrected chi connectivity index (χ4v) is 3.26. The standard InChI is InChI=1S/C19H20ClNO/c20-16-10-8-14(9-11-16)12-13-21-19(22)18-7-3-5-15-4-1-2-6-17(15)18/h1-2,4,6,8-11,18H,3,5,7,12-13H2,(H,21,22)/t18-/m0/s1. The topological polar surface area (TPSA) is 29.1 Å². The molecule has 1 aliphatic rings. The molecule has 22 heavy (non-hydrogen) atoms. The summed E-state index contributed by atoms with van der Waals surface area (Å²) in [5.41, 5.74) is 3.72. The minimum atomic E-state index is 0.00941. The first kappa shape index (κ1) is 15.1. The third kappa shape index (κ3) is 3.50. The van der Waals surface area contributed by atoms with E-state index in [0.29, 0.717) is 6.54 Å². The van der Waals surface area contributed by atoms with E-state index < -0.39 is 0 Å². The Morgan fingerprint density at radius 2 is 1.91 bits per heavy atom. The van der Waals surface area contributed by atoms with Gasteiger partial charge in [0.1, 0.15) is 0 Å². The van der Waals surface area contributed by atoms with E-state index in [1.165, 1.54) is 16.7 Å². The monoisotopic (exact) mass is 313 g/mol. The highest BCUT2D eigenvalue weighted by Crippen LogP contribution is 2.31. The van der Waals surface area contributed by atoms with Crippen LogP contribution in [-0.2, 0) is 17.6 Å². The first-order valence-corrected chi connectivity index (χ1v) is 8.22. The van der Waals surface area contributed by atoms with Crippen molar-refractivity contribution in [3.63, 3.8) is 0 Å². The molecule has 0 aromatic heterocycles. The molecule has 0 saturated carbocycles. The third-order valence-electron chi connectivity index (χ3n) is 4.31. The van der Waals surface area contributed by atoms with Gasteiger partial charge in [0.15, 0.2) is 0 Å². The molecule has 1 N–H and O–H groups in total. The summed E-state index contributed by atoms with van der Waals surface area (Å²) in [6, 6.07) is 16.1. The lowest BCUT2D eigenvalue weighted by molar-refractivity contribution is -0.122. The number of fused-ring (bicyclic) bond motifs is 1. The lowest BCUT2D eigenvalue weighted by Gasteiger charge is -2.24. The predicted molar refractivity (Wildman–Crippen MR) is 90.3 cm³/mol. The predicted octanol–water partition coefficient (Wildman–Crippen LogP) is 4.12. The molecule has 0 spiro atoms. The minimum Gasteiger partial charge on any atom is -0.355 e. The second kappa shape index (κ2) is 6.97. The quantitative estimate of drug-likeness (QED) is 0.904. The van der Waals surface area contributed by atoms with Crippen LogP contribution in [0.3, 0.4) is 0 Å². The molecule has 0 saturated heterocycles. The van der Waals surface area contributed by atoms with Crippen molar-refractivity contribution in [2.24, 2.45) is 0 Å². The molecule has 0 bridgehead atoms. The molecule has 1 amide bonds. The van der Waals surface area contributed by atoms with Crippen LogP contribution in [0.5, 0.6) is 0 Å². The van der Waals surface area contributed by atoms with E-state index in [1.807, 2.05) is 30.3 Å². The molecule has 0 aliphatic heterocycles. The highest BCUT2D eigenvalue weighted by Gasteiger charge is 2.25. The van der Waals surface area contributed by atoms with Crippen molar-refractivity contribution in [2.75, 3.05) is 6.54 Å². The number of aryl methyl sites for hydroxylation is 1. The molecular formula is C19H20ClNO. The summed E-state index contributed by atoms with van der Waals surface area (Å²) < 4.78 is 0. The molecular weight excluding hydrogens is 294 g/mol. The molecule has 3 rings (SSSR count). The largest absolute Gasteiger partial charge is 0.355 e. The maximum atomic E-state index is 12.5. The number of carbonyl (C=O) groups excluding carboxylic acids is 1. The van der Waals surface area contributed by atoms with E-state index in [0.717, 1.165) is 30.7 Å². The average molecular weight is 314 g/mol. The van der Waals surface area contributed by atoms with Crippen molar-refractivity contribution in [3.8, 4) is 0 Å². The van der Waals surface area contributed by atoms with Gasteiger partial charge in [0.2, 0.25) is 5.91 Å². The summed E-state index contributed by atoms with van der Waals surface area (Å²) in [7, 11) is 0. The molecule has 0 unspecified atom stereocenters. The van der Waals surface area contributed by atoms with E-state index in [1.54, 1.807) is 0 Å². The smallest absolute Gasteiger partial charge is 0.227 e. The van der Waals surface area contributed by atoms with Gasteiger partial charge in [-0.1, -0.05) is 48.0 Å². The zero-order valence-corrected chi connectivity index (χ0v) is 13.3. The van der Waals surface area contributed by atoms with Crippen molar-refractivity contribution in [2.45, 2.75) is 31.6 Å². The van der Waals surface area contributed by atoms with Gasteiger partial charge in [0, 0.05) is 11.6 Å². The Morgan fingerprint density at radius 1 is 1.14 bits per heavy atom. The molecule has 2 nitrogen and oxygen atoms in total. The highest BCUT2D eigenvalue weighted by molar-refractivity contribution is 6.30. The van der Waals surface area contributed by atoms with Crippen LogP contribution in [-0.4, -0.2) is 12.5 Å². The molecule has 0 heterocycles. The summed E-state index contributed by atoms with van der Waals surface area (Å²) in [5.74, 6) is 0.163. The summed E-state index contributed by atoms with van der Waals surface area (Å²) in [4.78, 5) is 12.5. The highest BCUT2D eigenvalue weighted by atomic mass is 35.5. The Bertz CT molecular complexity index is 651. The molecule has 114 valence electrons. The number of nitrogens with one attached hydrogen (secondary N) is 1. The van der Waals surface area contributed by atoms with Crippen LogP contribution in [0.1, 0.15) is 35.4 Å². The van der Waals surface area contributed by atoms with Gasteiger partial charge in [0.25, 0.3) is 0 Å². The van der Waals surface area contributed by atoms with Crippen LogP contribution >= 0.6 is 11.6 Å². The fraction of sp³-hybridized carbons (Fsp3) is 0.316. The molecule has 2 aromatic rings. The lowest BCUT2D eigenvalue weighted by atomic mass is 9.82. The van der Waals surface area contributed by atoms with Gasteiger partial charge in [-0.3, -0.25) is 4.79 Å². The SMILES string of the molecule is O=C(NCCc1ccc(Cl)cc1)[C@H]1CCCc2ccccc21. The van der Waals surface area contributed by atoms with Crippen LogP contribution in [0.25, 0.3) is 0 Å². The van der Waals surface area contributed by atoms with Crippen molar-refractivity contribution >= 4 is 17.5 Å². The first-order chi connectivity index (χ1) is 10.7. The number of hydrogen-bond donors (Lipinski definition) is 1. The number of halogens is 1. The Hall–Kier alpha value is -1.80. The van der Waals surface area contributed by atoms with Crippen molar-refractivity contribution in [3.05, 3.63) is 70.2 Å². The molecule has 2 aromatic carbocycles. The second-order valence-electron chi connectivity index (χ2n) is 5.81. The summed E-state index contributed by atoms with van der Waals surface area (Å²) in [5, 5.41) is 3.83. The lowest BCUT2D eigenvalue weighted by Crippen LogP contribution is -2.32. The summed E-state index contributed by atoms with van der Waals surface area (Å²) >= 11 is 5.88. The Kier molecular flexibility index (Phi) is 4.79. The van der Waals surface area contributed by atoms with E-state index >= 15 is 0 Å². The summed E-state index contributed by atoms with van der Waals surface area (Å²) in [6.45, 7) is 0.666. The molecule has 0 fully saturated rings. The van der Waals surface area contributed by atoms with Gasteiger partial charge in [-0.2, -0.15) is 0 Å². The van der Waals surface area contributed by atoms with E-state index in [4.69, 9.17) is 11.6 Å². The number of amides is 1. The Balaban J connectivity index is 1.58. The van der Waals surface area contributed by atoms with Gasteiger partial charge in [-0.15, -0.1) is 0 Å². The van der Waals surface area contributed by atoms with Crippen LogP contribution in [0.2, 0.25) is 5.02 Å². The van der Waals surface area contributed by atoms with Gasteiger partial charge in [0.05, 0.1) is 5.92 Å². The number of benzene rings is 2. The van der Waals surface area contributed by atoms with Crippen molar-refractivity contribution < 1.29 is 4.79 Å². The van der Waals surface area contributed by atoms with Crippen molar-refractivity contribution in [1.29, 1.82) is 0 Å². The zero-order valence-electron chi connectivity index (χ0n) is 12.5. The summed E-state index contributed by atoms with van der Waals surface area (Å²) in [6.07, 6.45) is 3.96. The maximum absolute atomic E-state index is 12.5. The van der Waals surface area contributed by atoms with Gasteiger partial charge >= 0.3 is 0 Å². The van der Waals surface area contributed by atoms with E-state index in [9.17, 15) is 4.79 Å². The van der Waals surface area contributed by atoms with E-state index in [-0.39, 0.29) is 11.8 Å². The van der Waals surface area contributed by atoms with Gasteiger partial charge < -0.3 is 5.32 Å². The van der Waals surface area contributed by atoms with Crippen LogP contribution in [0.4, 0.5) is 0 Å². The Labute approximate surface area is 136 Å². The minimum absolute atomic E-state index is 0.00941. The number of hydrogen-bond acceptors (Lipinski definition) is 1. The maximum Gasteiger partial charge on any atom is 0.227 e. The molecule has 1 atom stereocenters. The van der Waals surface area contributed by atoms with Crippen LogP contribution in [0.15, 0.2) is 48.5 Å². The van der Waals surface area contributed by atoms with Crippen LogP contribution in [0, 0.1) is 0 Å². The fourth-order valence-electron chi connectivity index (χ4n) is 3.13. The zero-order chi connectivity index (χ0) is 15.4. The Morgan fingerprint density at radius 3 is 2.73 bits per heavy atom. The second-order valence-corrected chi connectivity index (χ2v) is 6.25. The van der Waals surface area contributed by atoms with E-state index in [2.05, 4.69) is 23.5 Å². The number of carbonyl (C=O) groups is 1. The normalized spacial score (nSPS) is 16.9. The molecule has 1 aliphatic carbocycles. The van der Waals surface area contributed by atoms with Crippen LogP contribution < -0.4 is 5.32 Å². The molecule has 3 heteroatoms. The first-order valence-electron chi connectivity index (χ1n) is 7.84. The average Bonchev–Trinajstić information content (AvgIpc) is 2.56. The van der Waals surface area contributed by atoms with Crippen molar-refractivity contribution in [1.82, 2.24) is 5.32 Å².